The molecular formula is C50H68N4O6. The Labute approximate surface area is 356 Å². The van der Waals surface area contributed by atoms with E-state index in [4.69, 9.17) is 10.5 Å². The van der Waals surface area contributed by atoms with Crippen LogP contribution < -0.4 is 21.1 Å². The van der Waals surface area contributed by atoms with E-state index in [1.807, 2.05) is 24.5 Å². The van der Waals surface area contributed by atoms with Crippen molar-refractivity contribution >= 4 is 11.6 Å². The number of ether oxygens (including phenoxy) is 1. The molecule has 10 nitrogen and oxygen atoms in total. The molecule has 2 spiro atoms. The van der Waals surface area contributed by atoms with Crippen LogP contribution in [0.15, 0.2) is 53.6 Å². The van der Waals surface area contributed by atoms with Crippen molar-refractivity contribution in [1.82, 2.24) is 15.6 Å². The molecule has 0 amide bonds. The smallest absolute Gasteiger partial charge is 0.160 e. The molecule has 2 aliphatic heterocycles. The van der Waals surface area contributed by atoms with Crippen LogP contribution in [0, 0.1) is 35.0 Å². The lowest BCUT2D eigenvalue weighted by atomic mass is 9.60. The second kappa shape index (κ2) is 18.5. The van der Waals surface area contributed by atoms with Gasteiger partial charge < -0.3 is 41.4 Å². The van der Waals surface area contributed by atoms with Gasteiger partial charge in [0.25, 0.3) is 0 Å². The number of dihydropyridines is 1. The molecule has 8 rings (SSSR count). The number of allylic oxidation sites excluding steroid dienone is 2. The Morgan fingerprint density at radius 3 is 2.65 bits per heavy atom. The largest absolute Gasteiger partial charge is 0.504 e. The van der Waals surface area contributed by atoms with Crippen LogP contribution in [-0.2, 0) is 22.4 Å². The molecule has 0 bridgehead atoms. The van der Waals surface area contributed by atoms with Gasteiger partial charge in [-0.25, -0.2) is 0 Å². The number of hydrogen-bond donors (Lipinski definition) is 7. The van der Waals surface area contributed by atoms with Gasteiger partial charge in [0, 0.05) is 55.7 Å². The van der Waals surface area contributed by atoms with Crippen molar-refractivity contribution in [2.24, 2.45) is 28.9 Å². The van der Waals surface area contributed by atoms with E-state index in [1.54, 1.807) is 6.07 Å². The number of benzene rings is 1. The maximum atomic E-state index is 14.3. The van der Waals surface area contributed by atoms with Crippen LogP contribution in [0.4, 0.5) is 0 Å². The minimum absolute atomic E-state index is 0.00632. The highest BCUT2D eigenvalue weighted by Gasteiger charge is 2.50. The third kappa shape index (κ3) is 9.24. The number of nitrogens with one attached hydrogen (secondary N) is 3. The van der Waals surface area contributed by atoms with Crippen molar-refractivity contribution in [3.63, 3.8) is 0 Å². The summed E-state index contributed by atoms with van der Waals surface area (Å²) in [6, 6.07) is 5.96. The summed E-state index contributed by atoms with van der Waals surface area (Å²) in [6.45, 7) is 0.678. The van der Waals surface area contributed by atoms with Gasteiger partial charge in [-0.15, -0.1) is 0 Å². The number of aromatic hydroxyl groups is 1. The number of fused-ring (bicyclic) bond motifs is 2. The lowest BCUT2D eigenvalue weighted by Crippen LogP contribution is -2.63. The molecule has 324 valence electrons. The molecule has 4 aliphatic carbocycles. The number of phenolic OH excluding ortho intramolecular Hbond substituents is 1. The number of aromatic nitrogens is 1. The SMILES string of the molecule is COc1cc2c(cc1O)[C@@H](CC[C@H](O)CCC1=C(Cc3cc[nH]c3)CNC(N)=C1)C#C[C@@]1(CC[C@H](CC[C@@H]3C[C@@H]4CCC(=O)C[C@H]4NC34CCCCC4)C[C@H]1O)C(=O)CC2. The molecule has 1 aromatic carbocycles. The number of methoxy groups -OCH3 is 1. The predicted octanol–water partition coefficient (Wildman–Crippen LogP) is 7.17. The number of hydrogen-bond acceptors (Lipinski definition) is 9. The second-order valence-corrected chi connectivity index (χ2v) is 19.4. The summed E-state index contributed by atoms with van der Waals surface area (Å²) in [5.41, 5.74) is 10.5. The summed E-state index contributed by atoms with van der Waals surface area (Å²) in [5, 5.41) is 41.8. The minimum atomic E-state index is -1.13. The van der Waals surface area contributed by atoms with Crippen LogP contribution in [0.1, 0.15) is 145 Å². The Bertz CT molecular complexity index is 1990. The molecular weight excluding hydrogens is 753 g/mol. The zero-order chi connectivity index (χ0) is 41.9. The van der Waals surface area contributed by atoms with Crippen LogP contribution in [0.25, 0.3) is 0 Å². The summed E-state index contributed by atoms with van der Waals surface area (Å²) < 4.78 is 5.49. The van der Waals surface area contributed by atoms with E-state index >= 15 is 0 Å². The molecule has 8 atom stereocenters. The molecule has 0 unspecified atom stereocenters. The Morgan fingerprint density at radius 1 is 1.02 bits per heavy atom. The van der Waals surface area contributed by atoms with E-state index in [9.17, 15) is 24.9 Å². The lowest BCUT2D eigenvalue weighted by Gasteiger charge is -2.54. The van der Waals surface area contributed by atoms with Crippen LogP contribution in [0.3, 0.4) is 0 Å². The highest BCUT2D eigenvalue weighted by atomic mass is 16.5. The quantitative estimate of drug-likeness (QED) is 0.110. The number of carbonyl (C=O) groups is 2. The van der Waals surface area contributed by atoms with Gasteiger partial charge in [0.2, 0.25) is 0 Å². The number of aromatic amines is 1. The minimum Gasteiger partial charge on any atom is -0.504 e. The highest BCUT2D eigenvalue weighted by Crippen LogP contribution is 2.49. The van der Waals surface area contributed by atoms with Crippen LogP contribution in [0.5, 0.6) is 11.5 Å². The molecule has 60 heavy (non-hydrogen) atoms. The van der Waals surface area contributed by atoms with Gasteiger partial charge in [-0.05, 0) is 160 Å². The number of ketones is 2. The van der Waals surface area contributed by atoms with Crippen molar-refractivity contribution in [3.8, 4) is 23.3 Å². The van der Waals surface area contributed by atoms with Crippen molar-refractivity contribution in [2.45, 2.75) is 165 Å². The lowest BCUT2D eigenvalue weighted by molar-refractivity contribution is -0.134. The number of Topliss-reactive ketones (excluding diaryl/α,β-unsaturated/α-hetero) is 2. The average molecular weight is 821 g/mol. The van der Waals surface area contributed by atoms with E-state index in [-0.39, 0.29) is 29.4 Å². The average Bonchev–Trinajstić information content (AvgIpc) is 3.77. The van der Waals surface area contributed by atoms with Crippen LogP contribution >= 0.6 is 0 Å². The molecule has 0 radical (unpaired) electrons. The van der Waals surface area contributed by atoms with Gasteiger partial charge >= 0.3 is 0 Å². The normalized spacial score (nSPS) is 30.8. The molecule has 4 fully saturated rings. The molecule has 6 aliphatic rings. The Morgan fingerprint density at radius 2 is 1.87 bits per heavy atom. The fourth-order valence-electron chi connectivity index (χ4n) is 12.1. The highest BCUT2D eigenvalue weighted by molar-refractivity contribution is 5.89. The third-order valence-corrected chi connectivity index (χ3v) is 15.7. The van der Waals surface area contributed by atoms with Gasteiger partial charge in [0.15, 0.2) is 17.3 Å². The number of phenols is 1. The molecule has 3 saturated carbocycles. The Kier molecular flexibility index (Phi) is 13.2. The molecule has 3 heterocycles. The molecule has 1 aromatic heterocycles. The number of H-pyrrole nitrogens is 1. The zero-order valence-electron chi connectivity index (χ0n) is 35.7. The van der Waals surface area contributed by atoms with Gasteiger partial charge in [-0.1, -0.05) is 37.5 Å². The third-order valence-electron chi connectivity index (χ3n) is 15.7. The van der Waals surface area contributed by atoms with Gasteiger partial charge in [-0.3, -0.25) is 9.59 Å². The zero-order valence-corrected chi connectivity index (χ0v) is 35.7. The Hall–Kier alpha value is -4.04. The maximum absolute atomic E-state index is 14.3. The van der Waals surface area contributed by atoms with Crippen molar-refractivity contribution in [2.75, 3.05) is 13.7 Å². The number of rotatable bonds is 12. The van der Waals surface area contributed by atoms with Crippen molar-refractivity contribution in [3.05, 3.63) is 70.3 Å². The molecule has 2 aromatic rings. The Balaban J connectivity index is 0.958. The van der Waals surface area contributed by atoms with Gasteiger partial charge in [0.05, 0.1) is 25.1 Å². The number of aliphatic hydroxyl groups excluding tert-OH is 2. The van der Waals surface area contributed by atoms with Crippen LogP contribution in [0.2, 0.25) is 0 Å². The summed E-state index contributed by atoms with van der Waals surface area (Å²) in [7, 11) is 1.53. The molecule has 8 N–H and O–H groups in total. The van der Waals surface area contributed by atoms with Gasteiger partial charge in [-0.2, -0.15) is 0 Å². The topological polar surface area (TPSA) is 170 Å². The summed E-state index contributed by atoms with van der Waals surface area (Å²) in [6.07, 6.45) is 22.2. The standard InChI is InChI=1S/C50H68N4O6/c1-60-45-26-36-9-14-46(58)49(20-15-32(24-47(49)59)5-10-39-25-37-8-13-41(56)28-43(37)54-50(39)18-3-2-4-19-50)21-16-34(42(36)29-44(45)57)6-11-40(55)12-7-35-27-48(51)53-31-38(35)23-33-17-22-52-30-33/h17,22,26-27,29-30,32,34,37,39-40,43,47,52-55,57,59H,2-15,18-20,23-25,28,31,51H2,1H3/t32-,34-,37-,39+,40-,43+,47+,49-/m0/s1. The first kappa shape index (κ1) is 42.6. The van der Waals surface area contributed by atoms with E-state index in [0.717, 1.165) is 55.2 Å². The fourth-order valence-corrected chi connectivity index (χ4v) is 12.1. The number of aryl methyl sites for hydroxylation is 1. The summed E-state index contributed by atoms with van der Waals surface area (Å²) >= 11 is 0. The number of nitrogens with two attached hydrogens (primary N) is 1. The first-order chi connectivity index (χ1) is 29.0. The number of aliphatic hydroxyl groups is 2. The van der Waals surface area contributed by atoms with Crippen LogP contribution in [-0.4, -0.2) is 69.3 Å². The van der Waals surface area contributed by atoms with E-state index in [2.05, 4.69) is 33.5 Å². The molecule has 1 saturated heterocycles. The number of piperidine rings is 1. The van der Waals surface area contributed by atoms with E-state index in [1.165, 1.54) is 56.8 Å². The van der Waals surface area contributed by atoms with Crippen molar-refractivity contribution < 1.29 is 29.6 Å². The number of carbonyl (C=O) groups excluding carboxylic acids is 2. The fraction of sp³-hybridized carbons (Fsp3) is 0.640. The summed E-state index contributed by atoms with van der Waals surface area (Å²) in [5.74, 6) is 9.49. The first-order valence-electron chi connectivity index (χ1n) is 23.2. The maximum Gasteiger partial charge on any atom is 0.160 e. The van der Waals surface area contributed by atoms with Crippen molar-refractivity contribution in [1.29, 1.82) is 0 Å². The molecule has 10 heteroatoms. The first-order valence-corrected chi connectivity index (χ1v) is 23.2. The van der Waals surface area contributed by atoms with E-state index in [0.29, 0.717) is 99.1 Å². The second-order valence-electron chi connectivity index (χ2n) is 19.4. The van der Waals surface area contributed by atoms with Gasteiger partial charge in [0.1, 0.15) is 11.2 Å². The monoisotopic (exact) mass is 821 g/mol. The summed E-state index contributed by atoms with van der Waals surface area (Å²) in [4.78, 5) is 29.9. The predicted molar refractivity (Wildman–Crippen MR) is 233 cm³/mol. The van der Waals surface area contributed by atoms with E-state index < -0.39 is 17.6 Å².